The van der Waals surface area contributed by atoms with Crippen molar-refractivity contribution >= 4 is 33.6 Å². The summed E-state index contributed by atoms with van der Waals surface area (Å²) in [5, 5.41) is 8.84. The summed E-state index contributed by atoms with van der Waals surface area (Å²) in [6.45, 7) is 1.76. The van der Waals surface area contributed by atoms with Crippen LogP contribution in [-0.4, -0.2) is 39.7 Å². The van der Waals surface area contributed by atoms with Crippen molar-refractivity contribution in [3.63, 3.8) is 0 Å². The van der Waals surface area contributed by atoms with Crippen LogP contribution in [0.5, 0.6) is 5.75 Å². The van der Waals surface area contributed by atoms with Crippen molar-refractivity contribution in [2.75, 3.05) is 30.8 Å². The molecule has 0 aliphatic heterocycles. The van der Waals surface area contributed by atoms with Crippen molar-refractivity contribution in [3.8, 4) is 5.75 Å². The molecule has 3 heterocycles. The molecule has 2 N–H and O–H groups in total. The summed E-state index contributed by atoms with van der Waals surface area (Å²) in [7, 11) is 1.90. The van der Waals surface area contributed by atoms with Gasteiger partial charge in [0.15, 0.2) is 0 Å². The van der Waals surface area contributed by atoms with Crippen LogP contribution in [0.15, 0.2) is 48.9 Å². The smallest absolute Gasteiger partial charge is 0.145 e. The molecule has 0 spiro atoms. The lowest BCUT2D eigenvalue weighted by atomic mass is 10.1. The van der Waals surface area contributed by atoms with E-state index in [-0.39, 0.29) is 0 Å². The summed E-state index contributed by atoms with van der Waals surface area (Å²) < 4.78 is 8.54. The maximum absolute atomic E-state index is 6.23. The third-order valence-corrected chi connectivity index (χ3v) is 7.07. The highest BCUT2D eigenvalue weighted by molar-refractivity contribution is 5.87. The molecule has 0 amide bonds. The number of anilines is 2. The van der Waals surface area contributed by atoms with Gasteiger partial charge in [0, 0.05) is 37.3 Å². The summed E-state index contributed by atoms with van der Waals surface area (Å²) in [4.78, 5) is 13.7. The van der Waals surface area contributed by atoms with E-state index in [9.17, 15) is 0 Å². The van der Waals surface area contributed by atoms with Crippen LogP contribution in [0.2, 0.25) is 0 Å². The number of hydrogen-bond acceptors (Lipinski definition) is 6. The summed E-state index contributed by atoms with van der Waals surface area (Å²) in [6, 6.07) is 13.0. The molecule has 7 nitrogen and oxygen atoms in total. The van der Waals surface area contributed by atoms with E-state index >= 15 is 0 Å². The van der Waals surface area contributed by atoms with E-state index in [1.165, 1.54) is 12.8 Å². The second kappa shape index (κ2) is 8.54. The molecular weight excluding hydrogens is 412 g/mol. The summed E-state index contributed by atoms with van der Waals surface area (Å²) in [6.07, 6.45) is 9.88. The largest absolute Gasteiger partial charge is 0.493 e. The number of rotatable bonds is 8. The van der Waals surface area contributed by atoms with Crippen molar-refractivity contribution in [1.29, 1.82) is 0 Å². The van der Waals surface area contributed by atoms with Gasteiger partial charge in [-0.15, -0.1) is 0 Å². The number of hydrogen-bond donors (Lipinski definition) is 2. The molecule has 0 radical (unpaired) electrons. The molecule has 2 aliphatic rings. The van der Waals surface area contributed by atoms with Crippen LogP contribution in [0, 0.1) is 11.8 Å². The number of pyridine rings is 1. The third kappa shape index (κ3) is 4.19. The van der Waals surface area contributed by atoms with Gasteiger partial charge in [0.25, 0.3) is 0 Å². The topological polar surface area (TPSA) is 76.9 Å². The van der Waals surface area contributed by atoms with Crippen LogP contribution < -0.4 is 15.4 Å². The maximum atomic E-state index is 6.23. The molecule has 4 aromatic rings. The highest BCUT2D eigenvalue weighted by Crippen LogP contribution is 2.37. The highest BCUT2D eigenvalue weighted by atomic mass is 16.5. The van der Waals surface area contributed by atoms with Crippen molar-refractivity contribution in [3.05, 3.63) is 48.9 Å². The predicted octanol–water partition coefficient (Wildman–Crippen LogP) is 5.26. The van der Waals surface area contributed by atoms with Crippen LogP contribution >= 0.6 is 0 Å². The average molecular weight is 443 g/mol. The van der Waals surface area contributed by atoms with Gasteiger partial charge in [0.05, 0.1) is 17.5 Å². The van der Waals surface area contributed by atoms with Gasteiger partial charge in [0.1, 0.15) is 29.4 Å². The average Bonchev–Trinajstić information content (AvgIpc) is 3.39. The minimum absolute atomic E-state index is 0.453. The summed E-state index contributed by atoms with van der Waals surface area (Å²) in [5.41, 5.74) is 1.99. The Morgan fingerprint density at radius 2 is 1.91 bits per heavy atom. The Kier molecular flexibility index (Phi) is 5.24. The Bertz CT molecular complexity index is 1280. The zero-order chi connectivity index (χ0) is 22.2. The Balaban J connectivity index is 1.10. The van der Waals surface area contributed by atoms with Gasteiger partial charge in [-0.05, 0) is 74.3 Å². The number of benzene rings is 1. The van der Waals surface area contributed by atoms with Gasteiger partial charge in [0.2, 0.25) is 0 Å². The minimum Gasteiger partial charge on any atom is -0.493 e. The lowest BCUT2D eigenvalue weighted by Gasteiger charge is -2.15. The van der Waals surface area contributed by atoms with E-state index in [2.05, 4.69) is 67.8 Å². The zero-order valence-corrected chi connectivity index (χ0v) is 19.0. The molecule has 2 unspecified atom stereocenters. The number of ether oxygens (including phenoxy) is 1. The van der Waals surface area contributed by atoms with Gasteiger partial charge in [-0.3, -0.25) is 0 Å². The number of aromatic nitrogens is 4. The molecule has 2 aliphatic carbocycles. The first kappa shape index (κ1) is 20.3. The van der Waals surface area contributed by atoms with Gasteiger partial charge in [-0.2, -0.15) is 0 Å². The molecule has 2 saturated carbocycles. The number of nitrogens with one attached hydrogen (secondary N) is 2. The standard InChI is InChI=1S/C26H30N6O/c1-27-25-22-10-11-32(26(22)30-16-29-25)20-7-4-18(12-20)15-33-21-8-5-19-6-9-24(31-23(19)13-21)28-14-17-2-3-17/h5-6,8-11,13,16-18,20H,2-4,7,12,14-15H2,1H3,(H,28,31)(H,27,29,30). The fourth-order valence-corrected chi connectivity index (χ4v) is 4.99. The highest BCUT2D eigenvalue weighted by Gasteiger charge is 2.28. The minimum atomic E-state index is 0.453. The van der Waals surface area contributed by atoms with Crippen molar-refractivity contribution in [2.45, 2.75) is 38.1 Å². The molecule has 0 bridgehead atoms. The number of nitrogens with zero attached hydrogens (tertiary/aromatic N) is 4. The SMILES string of the molecule is CNc1ncnc2c1ccn2C1CCC(COc2ccc3ccc(NCC4CC4)nc3c2)C1. The lowest BCUT2D eigenvalue weighted by Crippen LogP contribution is -2.11. The fraction of sp³-hybridized carbons (Fsp3) is 0.423. The molecular formula is C26H30N6O. The molecule has 170 valence electrons. The van der Waals surface area contributed by atoms with Gasteiger partial charge >= 0.3 is 0 Å². The summed E-state index contributed by atoms with van der Waals surface area (Å²) in [5.74, 6) is 4.10. The van der Waals surface area contributed by atoms with Crippen molar-refractivity contribution in [1.82, 2.24) is 19.5 Å². The predicted molar refractivity (Wildman–Crippen MR) is 132 cm³/mol. The van der Waals surface area contributed by atoms with Crippen LogP contribution in [-0.2, 0) is 0 Å². The fourth-order valence-electron chi connectivity index (χ4n) is 4.99. The second-order valence-electron chi connectivity index (χ2n) is 9.45. The van der Waals surface area contributed by atoms with E-state index in [0.29, 0.717) is 12.0 Å². The first-order valence-corrected chi connectivity index (χ1v) is 12.0. The van der Waals surface area contributed by atoms with Crippen molar-refractivity contribution < 1.29 is 4.74 Å². The molecule has 33 heavy (non-hydrogen) atoms. The van der Waals surface area contributed by atoms with Gasteiger partial charge in [-0.25, -0.2) is 15.0 Å². The van der Waals surface area contributed by atoms with Gasteiger partial charge in [-0.1, -0.05) is 0 Å². The Morgan fingerprint density at radius 1 is 1.03 bits per heavy atom. The van der Waals surface area contributed by atoms with E-state index in [0.717, 1.165) is 77.7 Å². The molecule has 1 aromatic carbocycles. The zero-order valence-electron chi connectivity index (χ0n) is 19.0. The molecule has 2 fully saturated rings. The molecule has 3 aromatic heterocycles. The lowest BCUT2D eigenvalue weighted by molar-refractivity contribution is 0.248. The Labute approximate surface area is 193 Å². The normalized spacial score (nSPS) is 20.4. The molecule has 2 atom stereocenters. The molecule has 0 saturated heterocycles. The quantitative estimate of drug-likeness (QED) is 0.387. The first-order chi connectivity index (χ1) is 16.3. The Morgan fingerprint density at radius 3 is 2.79 bits per heavy atom. The summed E-state index contributed by atoms with van der Waals surface area (Å²) >= 11 is 0. The first-order valence-electron chi connectivity index (χ1n) is 12.0. The Hall–Kier alpha value is -3.35. The van der Waals surface area contributed by atoms with E-state index in [1.54, 1.807) is 6.33 Å². The van der Waals surface area contributed by atoms with Gasteiger partial charge < -0.3 is 19.9 Å². The molecule has 6 rings (SSSR count). The van der Waals surface area contributed by atoms with Crippen LogP contribution in [0.25, 0.3) is 21.9 Å². The van der Waals surface area contributed by atoms with Crippen molar-refractivity contribution in [2.24, 2.45) is 11.8 Å². The van der Waals surface area contributed by atoms with Crippen LogP contribution in [0.4, 0.5) is 11.6 Å². The monoisotopic (exact) mass is 442 g/mol. The van der Waals surface area contributed by atoms with E-state index in [1.807, 2.05) is 7.05 Å². The van der Waals surface area contributed by atoms with E-state index in [4.69, 9.17) is 9.72 Å². The number of fused-ring (bicyclic) bond motifs is 2. The van der Waals surface area contributed by atoms with Crippen LogP contribution in [0.1, 0.15) is 38.1 Å². The molecule has 7 heteroatoms. The van der Waals surface area contributed by atoms with E-state index < -0.39 is 0 Å². The third-order valence-electron chi connectivity index (χ3n) is 7.07. The maximum Gasteiger partial charge on any atom is 0.145 e. The second-order valence-corrected chi connectivity index (χ2v) is 9.45. The van der Waals surface area contributed by atoms with Crippen LogP contribution in [0.3, 0.4) is 0 Å².